The van der Waals surface area contributed by atoms with E-state index in [4.69, 9.17) is 10.8 Å². The Morgan fingerprint density at radius 1 is 1.46 bits per heavy atom. The molecule has 13 heavy (non-hydrogen) atoms. The minimum Gasteiger partial charge on any atom is -0.508 e. The van der Waals surface area contributed by atoms with Gasteiger partial charge in [0, 0.05) is 6.42 Å². The van der Waals surface area contributed by atoms with Gasteiger partial charge >= 0.3 is 5.97 Å². The van der Waals surface area contributed by atoms with Crippen molar-refractivity contribution < 1.29 is 15.0 Å². The molecule has 0 saturated carbocycles. The van der Waals surface area contributed by atoms with Gasteiger partial charge in [0.2, 0.25) is 0 Å². The molecule has 70 valence electrons. The fraction of sp³-hybridized carbons (Fsp3) is 0.222. The van der Waals surface area contributed by atoms with Crippen molar-refractivity contribution in [2.45, 2.75) is 12.5 Å². The Hall–Kier alpha value is -1.55. The summed E-state index contributed by atoms with van der Waals surface area (Å²) in [6.07, 6.45) is 0.141. The summed E-state index contributed by atoms with van der Waals surface area (Å²) >= 11 is 0. The summed E-state index contributed by atoms with van der Waals surface area (Å²) in [5.41, 5.74) is 5.86. The fourth-order valence-corrected chi connectivity index (χ4v) is 1.01. The number of phenols is 1. The van der Waals surface area contributed by atoms with Crippen LogP contribution in [0.15, 0.2) is 24.3 Å². The van der Waals surface area contributed by atoms with Crippen LogP contribution in [0.25, 0.3) is 0 Å². The number of hydrogen-bond acceptors (Lipinski definition) is 3. The lowest BCUT2D eigenvalue weighted by Gasteiger charge is -2.07. The number of rotatable bonds is 3. The van der Waals surface area contributed by atoms with E-state index in [0.29, 0.717) is 5.56 Å². The van der Waals surface area contributed by atoms with Crippen molar-refractivity contribution in [2.24, 2.45) is 5.73 Å². The Labute approximate surface area is 75.6 Å². The van der Waals surface area contributed by atoms with Gasteiger partial charge in [-0.2, -0.15) is 0 Å². The summed E-state index contributed by atoms with van der Waals surface area (Å²) in [7, 11) is 0. The van der Waals surface area contributed by atoms with E-state index in [0.717, 1.165) is 0 Å². The summed E-state index contributed by atoms with van der Waals surface area (Å²) in [5, 5.41) is 17.8. The molecule has 0 aliphatic carbocycles. The topological polar surface area (TPSA) is 83.5 Å². The van der Waals surface area contributed by atoms with Gasteiger partial charge in [0.15, 0.2) is 0 Å². The number of carboxylic acids is 1. The molecule has 0 heterocycles. The Morgan fingerprint density at radius 3 is 2.62 bits per heavy atom. The van der Waals surface area contributed by atoms with Crippen LogP contribution in [0.4, 0.5) is 0 Å². The smallest absolute Gasteiger partial charge is 0.320 e. The Morgan fingerprint density at radius 2 is 2.08 bits per heavy atom. The van der Waals surface area contributed by atoms with Crippen LogP contribution in [0.3, 0.4) is 0 Å². The number of aromatic hydroxyl groups is 1. The van der Waals surface area contributed by atoms with E-state index >= 15 is 0 Å². The fourth-order valence-electron chi connectivity index (χ4n) is 1.01. The lowest BCUT2D eigenvalue weighted by molar-refractivity contribution is -0.138. The Kier molecular flexibility index (Phi) is 2.87. The summed E-state index contributed by atoms with van der Waals surface area (Å²) < 4.78 is 0. The predicted molar refractivity (Wildman–Crippen MR) is 47.4 cm³/mol. The van der Waals surface area contributed by atoms with E-state index in [1.54, 1.807) is 18.2 Å². The highest BCUT2D eigenvalue weighted by molar-refractivity contribution is 5.73. The highest BCUT2D eigenvalue weighted by Crippen LogP contribution is 2.16. The second kappa shape index (κ2) is 3.91. The molecule has 0 radical (unpaired) electrons. The molecule has 0 bridgehead atoms. The number of aliphatic carboxylic acids is 1. The van der Waals surface area contributed by atoms with Gasteiger partial charge in [0.05, 0.1) is 0 Å². The third-order valence-electron chi connectivity index (χ3n) is 1.75. The minimum absolute atomic E-state index is 0.0826. The molecule has 0 aliphatic rings. The van der Waals surface area contributed by atoms with Crippen LogP contribution in [0.1, 0.15) is 5.56 Å². The Bertz CT molecular complexity index is 311. The maximum atomic E-state index is 10.4. The normalized spacial score (nSPS) is 12.4. The van der Waals surface area contributed by atoms with Crippen LogP contribution < -0.4 is 5.73 Å². The molecular formula is C9H11NO3. The maximum Gasteiger partial charge on any atom is 0.320 e. The SMILES string of the molecule is N[C@H](Cc1ccccc1O)C(=O)O. The quantitative estimate of drug-likeness (QED) is 0.628. The first kappa shape index (κ1) is 9.54. The summed E-state index contributed by atoms with van der Waals surface area (Å²) in [6.45, 7) is 0. The number of hydrogen-bond donors (Lipinski definition) is 3. The van der Waals surface area contributed by atoms with E-state index in [1.165, 1.54) is 6.07 Å². The highest BCUT2D eigenvalue weighted by Gasteiger charge is 2.13. The molecule has 4 nitrogen and oxygen atoms in total. The molecule has 4 N–H and O–H groups in total. The molecular weight excluding hydrogens is 170 g/mol. The van der Waals surface area contributed by atoms with E-state index in [-0.39, 0.29) is 12.2 Å². The van der Waals surface area contributed by atoms with E-state index in [9.17, 15) is 9.90 Å². The van der Waals surface area contributed by atoms with Crippen LogP contribution in [0.2, 0.25) is 0 Å². The number of para-hydroxylation sites is 1. The molecule has 1 aromatic rings. The minimum atomic E-state index is -1.07. The molecule has 0 aromatic heterocycles. The summed E-state index contributed by atoms with van der Waals surface area (Å²) in [4.78, 5) is 10.4. The zero-order valence-corrected chi connectivity index (χ0v) is 6.97. The van der Waals surface area contributed by atoms with Crippen LogP contribution in [0, 0.1) is 0 Å². The molecule has 0 saturated heterocycles. The average Bonchev–Trinajstić information content (AvgIpc) is 2.08. The number of carboxylic acid groups (broad SMARTS) is 1. The standard InChI is InChI=1S/C9H11NO3/c10-7(9(12)13)5-6-3-1-2-4-8(6)11/h1-4,7,11H,5,10H2,(H,12,13)/t7-/m1/s1. The molecule has 0 spiro atoms. The molecule has 1 aromatic carbocycles. The number of nitrogens with two attached hydrogens (primary N) is 1. The molecule has 1 atom stereocenters. The zero-order valence-electron chi connectivity index (χ0n) is 6.97. The molecule has 0 unspecified atom stereocenters. The van der Waals surface area contributed by atoms with Gasteiger partial charge in [0.1, 0.15) is 11.8 Å². The number of carbonyl (C=O) groups is 1. The molecule has 1 rings (SSSR count). The van der Waals surface area contributed by atoms with Crippen molar-refractivity contribution in [2.75, 3.05) is 0 Å². The van der Waals surface area contributed by atoms with Crippen molar-refractivity contribution in [3.05, 3.63) is 29.8 Å². The van der Waals surface area contributed by atoms with Crippen LogP contribution >= 0.6 is 0 Å². The van der Waals surface area contributed by atoms with Gasteiger partial charge in [-0.3, -0.25) is 4.79 Å². The van der Waals surface area contributed by atoms with Gasteiger partial charge in [0.25, 0.3) is 0 Å². The third kappa shape index (κ3) is 2.45. The van der Waals surface area contributed by atoms with Crippen molar-refractivity contribution in [3.8, 4) is 5.75 Å². The average molecular weight is 181 g/mol. The first-order valence-corrected chi connectivity index (χ1v) is 3.86. The monoisotopic (exact) mass is 181 g/mol. The van der Waals surface area contributed by atoms with Crippen LogP contribution in [-0.4, -0.2) is 22.2 Å². The van der Waals surface area contributed by atoms with E-state index < -0.39 is 12.0 Å². The largest absolute Gasteiger partial charge is 0.508 e. The van der Waals surface area contributed by atoms with Gasteiger partial charge < -0.3 is 15.9 Å². The van der Waals surface area contributed by atoms with E-state index in [1.807, 2.05) is 0 Å². The zero-order chi connectivity index (χ0) is 9.84. The summed E-state index contributed by atoms with van der Waals surface area (Å²) in [5.74, 6) is -0.984. The van der Waals surface area contributed by atoms with Gasteiger partial charge in [-0.05, 0) is 11.6 Å². The van der Waals surface area contributed by atoms with Crippen molar-refractivity contribution in [3.63, 3.8) is 0 Å². The van der Waals surface area contributed by atoms with Gasteiger partial charge in [-0.1, -0.05) is 18.2 Å². The van der Waals surface area contributed by atoms with Gasteiger partial charge in [-0.25, -0.2) is 0 Å². The Balaban J connectivity index is 2.74. The van der Waals surface area contributed by atoms with Gasteiger partial charge in [-0.15, -0.1) is 0 Å². The van der Waals surface area contributed by atoms with Crippen molar-refractivity contribution >= 4 is 5.97 Å². The molecule has 4 heteroatoms. The van der Waals surface area contributed by atoms with Crippen molar-refractivity contribution in [1.29, 1.82) is 0 Å². The van der Waals surface area contributed by atoms with Crippen molar-refractivity contribution in [1.82, 2.24) is 0 Å². The second-order valence-corrected chi connectivity index (χ2v) is 2.78. The summed E-state index contributed by atoms with van der Waals surface area (Å²) in [6, 6.07) is 5.59. The lowest BCUT2D eigenvalue weighted by Crippen LogP contribution is -2.32. The third-order valence-corrected chi connectivity index (χ3v) is 1.75. The van der Waals surface area contributed by atoms with Crippen LogP contribution in [0.5, 0.6) is 5.75 Å². The number of benzene rings is 1. The maximum absolute atomic E-state index is 10.4. The first-order valence-electron chi connectivity index (χ1n) is 3.86. The number of phenolic OH excluding ortho intramolecular Hbond substituents is 1. The molecule has 0 fully saturated rings. The molecule has 0 amide bonds. The highest BCUT2D eigenvalue weighted by atomic mass is 16.4. The first-order chi connectivity index (χ1) is 6.11. The predicted octanol–water partition coefficient (Wildman–Crippen LogP) is 0.347. The van der Waals surface area contributed by atoms with E-state index in [2.05, 4.69) is 0 Å². The lowest BCUT2D eigenvalue weighted by atomic mass is 10.1. The van der Waals surface area contributed by atoms with Crippen LogP contribution in [-0.2, 0) is 11.2 Å². The second-order valence-electron chi connectivity index (χ2n) is 2.78. The molecule has 0 aliphatic heterocycles.